The fraction of sp³-hybridized carbons (Fsp3) is 0.462. The van der Waals surface area contributed by atoms with Crippen molar-refractivity contribution in [2.45, 2.75) is 26.4 Å². The zero-order valence-corrected chi connectivity index (χ0v) is 11.1. The number of aryl methyl sites for hydroxylation is 1. The van der Waals surface area contributed by atoms with Gasteiger partial charge >= 0.3 is 0 Å². The van der Waals surface area contributed by atoms with E-state index < -0.39 is 0 Å². The SMILES string of the molecule is CCCn1c(CN)nc2cc(OC)c(OC)cc21. The summed E-state index contributed by atoms with van der Waals surface area (Å²) in [7, 11) is 3.25. The van der Waals surface area contributed by atoms with Crippen LogP contribution in [0, 0.1) is 0 Å². The molecule has 0 aliphatic carbocycles. The van der Waals surface area contributed by atoms with E-state index in [0.717, 1.165) is 29.8 Å². The molecule has 1 aromatic carbocycles. The molecule has 0 atom stereocenters. The van der Waals surface area contributed by atoms with E-state index in [4.69, 9.17) is 15.2 Å². The van der Waals surface area contributed by atoms with Crippen LogP contribution in [0.3, 0.4) is 0 Å². The van der Waals surface area contributed by atoms with Crippen LogP contribution in [-0.2, 0) is 13.1 Å². The van der Waals surface area contributed by atoms with Crippen molar-refractivity contribution in [2.24, 2.45) is 5.73 Å². The van der Waals surface area contributed by atoms with Gasteiger partial charge in [-0.1, -0.05) is 6.92 Å². The highest BCUT2D eigenvalue weighted by molar-refractivity contribution is 5.80. The number of rotatable bonds is 5. The smallest absolute Gasteiger partial charge is 0.163 e. The fourth-order valence-corrected chi connectivity index (χ4v) is 2.13. The van der Waals surface area contributed by atoms with Crippen LogP contribution >= 0.6 is 0 Å². The second-order valence-corrected chi connectivity index (χ2v) is 4.08. The molecule has 0 fully saturated rings. The molecule has 0 aliphatic rings. The Bertz CT molecular complexity index is 549. The zero-order valence-electron chi connectivity index (χ0n) is 11.1. The maximum Gasteiger partial charge on any atom is 0.163 e. The largest absolute Gasteiger partial charge is 0.493 e. The van der Waals surface area contributed by atoms with Gasteiger partial charge in [0, 0.05) is 18.7 Å². The summed E-state index contributed by atoms with van der Waals surface area (Å²) >= 11 is 0. The Kier molecular flexibility index (Phi) is 3.72. The van der Waals surface area contributed by atoms with Crippen molar-refractivity contribution < 1.29 is 9.47 Å². The minimum absolute atomic E-state index is 0.430. The number of methoxy groups -OCH3 is 2. The van der Waals surface area contributed by atoms with Crippen molar-refractivity contribution in [3.63, 3.8) is 0 Å². The predicted octanol–water partition coefficient (Wildman–Crippen LogP) is 1.92. The molecule has 2 rings (SSSR count). The Balaban J connectivity index is 2.66. The molecular weight excluding hydrogens is 230 g/mol. The first kappa shape index (κ1) is 12.7. The molecule has 5 nitrogen and oxygen atoms in total. The van der Waals surface area contributed by atoms with Crippen LogP contribution in [0.4, 0.5) is 0 Å². The Hall–Kier alpha value is -1.75. The fourth-order valence-electron chi connectivity index (χ4n) is 2.13. The van der Waals surface area contributed by atoms with E-state index >= 15 is 0 Å². The Morgan fingerprint density at radius 2 is 1.89 bits per heavy atom. The molecule has 2 N–H and O–H groups in total. The average molecular weight is 249 g/mol. The molecule has 0 saturated heterocycles. The first-order valence-electron chi connectivity index (χ1n) is 6.06. The van der Waals surface area contributed by atoms with Gasteiger partial charge in [0.05, 0.1) is 31.8 Å². The van der Waals surface area contributed by atoms with E-state index in [2.05, 4.69) is 16.5 Å². The van der Waals surface area contributed by atoms with Gasteiger partial charge in [-0.05, 0) is 6.42 Å². The summed E-state index contributed by atoms with van der Waals surface area (Å²) in [4.78, 5) is 4.54. The second-order valence-electron chi connectivity index (χ2n) is 4.08. The summed E-state index contributed by atoms with van der Waals surface area (Å²) in [6, 6.07) is 3.84. The first-order chi connectivity index (χ1) is 8.74. The number of aromatic nitrogens is 2. The number of benzene rings is 1. The van der Waals surface area contributed by atoms with Gasteiger partial charge < -0.3 is 19.8 Å². The van der Waals surface area contributed by atoms with E-state index in [1.165, 1.54) is 0 Å². The van der Waals surface area contributed by atoms with E-state index in [0.29, 0.717) is 18.0 Å². The summed E-state index contributed by atoms with van der Waals surface area (Å²) in [6.45, 7) is 3.46. The lowest BCUT2D eigenvalue weighted by molar-refractivity contribution is 0.355. The van der Waals surface area contributed by atoms with Gasteiger partial charge in [-0.3, -0.25) is 0 Å². The molecule has 0 spiro atoms. The Morgan fingerprint density at radius 3 is 2.44 bits per heavy atom. The molecule has 0 unspecified atom stereocenters. The predicted molar refractivity (Wildman–Crippen MR) is 71.0 cm³/mol. The second kappa shape index (κ2) is 5.27. The molecule has 1 aromatic heterocycles. The van der Waals surface area contributed by atoms with Gasteiger partial charge in [0.25, 0.3) is 0 Å². The van der Waals surface area contributed by atoms with Gasteiger partial charge in [0.15, 0.2) is 11.5 Å². The van der Waals surface area contributed by atoms with Crippen LogP contribution in [0.5, 0.6) is 11.5 Å². The van der Waals surface area contributed by atoms with Crippen LogP contribution in [0.15, 0.2) is 12.1 Å². The molecular formula is C13H19N3O2. The lowest BCUT2D eigenvalue weighted by atomic mass is 10.2. The maximum atomic E-state index is 5.74. The van der Waals surface area contributed by atoms with Crippen molar-refractivity contribution in [3.05, 3.63) is 18.0 Å². The van der Waals surface area contributed by atoms with Crippen molar-refractivity contribution >= 4 is 11.0 Å². The van der Waals surface area contributed by atoms with Gasteiger partial charge in [-0.25, -0.2) is 4.98 Å². The lowest BCUT2D eigenvalue weighted by Crippen LogP contribution is -2.08. The van der Waals surface area contributed by atoms with Crippen LogP contribution in [-0.4, -0.2) is 23.8 Å². The van der Waals surface area contributed by atoms with Gasteiger partial charge in [0.1, 0.15) is 5.82 Å². The van der Waals surface area contributed by atoms with Crippen molar-refractivity contribution in [2.75, 3.05) is 14.2 Å². The van der Waals surface area contributed by atoms with Crippen LogP contribution in [0.2, 0.25) is 0 Å². The monoisotopic (exact) mass is 249 g/mol. The minimum atomic E-state index is 0.430. The van der Waals surface area contributed by atoms with Gasteiger partial charge in [-0.15, -0.1) is 0 Å². The molecule has 0 bridgehead atoms. The third-order valence-corrected chi connectivity index (χ3v) is 2.96. The Morgan fingerprint density at radius 1 is 1.22 bits per heavy atom. The number of imidazole rings is 1. The van der Waals surface area contributed by atoms with E-state index in [1.807, 2.05) is 12.1 Å². The van der Waals surface area contributed by atoms with Crippen LogP contribution in [0.1, 0.15) is 19.2 Å². The summed E-state index contributed by atoms with van der Waals surface area (Å²) in [5.74, 6) is 2.29. The molecule has 18 heavy (non-hydrogen) atoms. The number of fused-ring (bicyclic) bond motifs is 1. The summed E-state index contributed by atoms with van der Waals surface area (Å²) in [5.41, 5.74) is 7.67. The van der Waals surface area contributed by atoms with E-state index in [9.17, 15) is 0 Å². The summed E-state index contributed by atoms with van der Waals surface area (Å²) in [5, 5.41) is 0. The van der Waals surface area contributed by atoms with Crippen LogP contribution < -0.4 is 15.2 Å². The van der Waals surface area contributed by atoms with Crippen molar-refractivity contribution in [1.29, 1.82) is 0 Å². The van der Waals surface area contributed by atoms with E-state index in [-0.39, 0.29) is 0 Å². The molecule has 98 valence electrons. The average Bonchev–Trinajstić information content (AvgIpc) is 2.75. The zero-order chi connectivity index (χ0) is 13.1. The normalized spacial score (nSPS) is 10.9. The lowest BCUT2D eigenvalue weighted by Gasteiger charge is -2.09. The Labute approximate surface area is 107 Å². The first-order valence-corrected chi connectivity index (χ1v) is 6.06. The molecule has 0 aliphatic heterocycles. The van der Waals surface area contributed by atoms with Crippen LogP contribution in [0.25, 0.3) is 11.0 Å². The number of ether oxygens (including phenoxy) is 2. The highest BCUT2D eigenvalue weighted by Crippen LogP contribution is 2.32. The van der Waals surface area contributed by atoms with Crippen molar-refractivity contribution in [1.82, 2.24) is 9.55 Å². The number of nitrogens with zero attached hydrogens (tertiary/aromatic N) is 2. The topological polar surface area (TPSA) is 62.3 Å². The van der Waals surface area contributed by atoms with E-state index in [1.54, 1.807) is 14.2 Å². The third kappa shape index (κ3) is 2.01. The third-order valence-electron chi connectivity index (χ3n) is 2.96. The highest BCUT2D eigenvalue weighted by atomic mass is 16.5. The number of hydrogen-bond donors (Lipinski definition) is 1. The molecule has 1 heterocycles. The van der Waals surface area contributed by atoms with Crippen molar-refractivity contribution in [3.8, 4) is 11.5 Å². The number of nitrogens with two attached hydrogens (primary N) is 1. The number of hydrogen-bond acceptors (Lipinski definition) is 4. The molecule has 0 saturated carbocycles. The molecule has 0 radical (unpaired) electrons. The standard InChI is InChI=1S/C13H19N3O2/c1-4-5-16-10-7-12(18-3)11(17-2)6-9(10)15-13(16)8-14/h6-7H,4-5,8,14H2,1-3H3. The summed E-state index contributed by atoms with van der Waals surface area (Å²) < 4.78 is 12.7. The summed E-state index contributed by atoms with van der Waals surface area (Å²) in [6.07, 6.45) is 1.03. The molecule has 5 heteroatoms. The minimum Gasteiger partial charge on any atom is -0.493 e. The maximum absolute atomic E-state index is 5.74. The van der Waals surface area contributed by atoms with Gasteiger partial charge in [0.2, 0.25) is 0 Å². The molecule has 0 amide bonds. The molecule has 2 aromatic rings. The quantitative estimate of drug-likeness (QED) is 0.879. The highest BCUT2D eigenvalue weighted by Gasteiger charge is 2.13. The van der Waals surface area contributed by atoms with Gasteiger partial charge in [-0.2, -0.15) is 0 Å².